The van der Waals surface area contributed by atoms with Crippen LogP contribution < -0.4 is 19.5 Å². The molecule has 0 aliphatic carbocycles. The van der Waals surface area contributed by atoms with Gasteiger partial charge in [0.1, 0.15) is 29.5 Å². The van der Waals surface area contributed by atoms with Gasteiger partial charge in [-0.1, -0.05) is 24.3 Å². The number of aliphatic carboxylic acids is 1. The number of nitrogens with zero attached hydrogens (tertiary/aromatic N) is 1. The average Bonchev–Trinajstić information content (AvgIpc) is 2.85. The quantitative estimate of drug-likeness (QED) is 0.318. The molecule has 178 valence electrons. The van der Waals surface area contributed by atoms with Crippen molar-refractivity contribution in [1.29, 1.82) is 0 Å². The number of hydrogen-bond donors (Lipinski definition) is 3. The van der Waals surface area contributed by atoms with Gasteiger partial charge in [0.2, 0.25) is 5.88 Å². The predicted octanol–water partition coefficient (Wildman–Crippen LogP) is 4.74. The van der Waals surface area contributed by atoms with Gasteiger partial charge >= 0.3 is 5.97 Å². The standard InChI is InChI=1S/C26H22N2O7/c1-2-33-26-21-14-19(11-12-20(21)24(31)23(28-26)25(32)27-15-22(29)30)35-18-10-6-9-17(13-18)34-16-7-4-3-5-8-16/h3-14,31H,2,15H2,1H3,(H,27,32)(H,29,30). The Labute approximate surface area is 200 Å². The number of carbonyl (C=O) groups excluding carboxylic acids is 1. The molecule has 0 fully saturated rings. The molecule has 9 nitrogen and oxygen atoms in total. The number of fused-ring (bicyclic) bond motifs is 1. The van der Waals surface area contributed by atoms with Crippen LogP contribution in [0.1, 0.15) is 17.4 Å². The first-order chi connectivity index (χ1) is 16.9. The molecule has 0 atom stereocenters. The number of aromatic hydroxyl groups is 1. The number of carboxylic acids is 1. The largest absolute Gasteiger partial charge is 0.505 e. The van der Waals surface area contributed by atoms with Gasteiger partial charge in [-0.3, -0.25) is 9.59 Å². The number of para-hydroxylation sites is 1. The van der Waals surface area contributed by atoms with E-state index in [-0.39, 0.29) is 18.2 Å². The van der Waals surface area contributed by atoms with Crippen LogP contribution in [0.2, 0.25) is 0 Å². The van der Waals surface area contributed by atoms with Crippen molar-refractivity contribution in [2.24, 2.45) is 0 Å². The minimum Gasteiger partial charge on any atom is -0.505 e. The van der Waals surface area contributed by atoms with Crippen molar-refractivity contribution in [2.45, 2.75) is 6.92 Å². The molecule has 3 aromatic carbocycles. The van der Waals surface area contributed by atoms with E-state index in [1.54, 1.807) is 43.3 Å². The van der Waals surface area contributed by atoms with Crippen LogP contribution in [0.4, 0.5) is 0 Å². The van der Waals surface area contributed by atoms with Crippen molar-refractivity contribution in [2.75, 3.05) is 13.2 Å². The molecule has 1 amide bonds. The summed E-state index contributed by atoms with van der Waals surface area (Å²) in [5.41, 5.74) is -0.332. The molecule has 4 rings (SSSR count). The van der Waals surface area contributed by atoms with E-state index in [4.69, 9.17) is 19.3 Å². The topological polar surface area (TPSA) is 127 Å². The van der Waals surface area contributed by atoms with Gasteiger partial charge in [-0.05, 0) is 49.4 Å². The van der Waals surface area contributed by atoms with Crippen LogP contribution in [-0.4, -0.2) is 40.2 Å². The fraction of sp³-hybridized carbons (Fsp3) is 0.115. The van der Waals surface area contributed by atoms with E-state index in [9.17, 15) is 14.7 Å². The van der Waals surface area contributed by atoms with Crippen LogP contribution in [0.3, 0.4) is 0 Å². The Hall–Kier alpha value is -4.79. The minimum atomic E-state index is -1.22. The van der Waals surface area contributed by atoms with Crippen molar-refractivity contribution in [3.63, 3.8) is 0 Å². The highest BCUT2D eigenvalue weighted by atomic mass is 16.5. The highest BCUT2D eigenvalue weighted by Gasteiger charge is 2.21. The van der Waals surface area contributed by atoms with Crippen LogP contribution in [0.5, 0.6) is 34.6 Å². The lowest BCUT2D eigenvalue weighted by atomic mass is 10.1. The zero-order chi connectivity index (χ0) is 24.8. The number of pyridine rings is 1. The Morgan fingerprint density at radius 1 is 0.857 bits per heavy atom. The van der Waals surface area contributed by atoms with E-state index in [0.717, 1.165) is 0 Å². The lowest BCUT2D eigenvalue weighted by Gasteiger charge is -2.14. The number of carbonyl (C=O) groups is 2. The van der Waals surface area contributed by atoms with E-state index in [1.807, 2.05) is 36.4 Å². The number of benzene rings is 3. The number of hydrogen-bond acceptors (Lipinski definition) is 7. The van der Waals surface area contributed by atoms with Gasteiger partial charge in [0, 0.05) is 11.5 Å². The van der Waals surface area contributed by atoms with Crippen LogP contribution in [-0.2, 0) is 4.79 Å². The van der Waals surface area contributed by atoms with Crippen molar-refractivity contribution in [1.82, 2.24) is 10.3 Å². The van der Waals surface area contributed by atoms with Gasteiger partial charge in [0.05, 0.1) is 12.0 Å². The molecule has 0 spiro atoms. The van der Waals surface area contributed by atoms with Gasteiger partial charge < -0.3 is 29.7 Å². The molecule has 3 N–H and O–H groups in total. The molecule has 0 radical (unpaired) electrons. The fourth-order valence-electron chi connectivity index (χ4n) is 3.32. The maximum atomic E-state index is 12.4. The summed E-state index contributed by atoms with van der Waals surface area (Å²) in [6.07, 6.45) is 0. The van der Waals surface area contributed by atoms with Crippen LogP contribution >= 0.6 is 0 Å². The predicted molar refractivity (Wildman–Crippen MR) is 128 cm³/mol. The van der Waals surface area contributed by atoms with Crippen molar-refractivity contribution in [3.8, 4) is 34.6 Å². The molecular weight excluding hydrogens is 452 g/mol. The van der Waals surface area contributed by atoms with Crippen LogP contribution in [0, 0.1) is 0 Å². The summed E-state index contributed by atoms with van der Waals surface area (Å²) in [5, 5.41) is 22.4. The van der Waals surface area contributed by atoms with E-state index in [1.165, 1.54) is 0 Å². The normalized spacial score (nSPS) is 10.5. The van der Waals surface area contributed by atoms with Crippen molar-refractivity contribution >= 4 is 22.6 Å². The molecule has 4 aromatic rings. The molecule has 1 aromatic heterocycles. The van der Waals surface area contributed by atoms with Gasteiger partial charge in [-0.15, -0.1) is 0 Å². The molecule has 35 heavy (non-hydrogen) atoms. The molecular formula is C26H22N2O7. The molecule has 1 heterocycles. The first-order valence-corrected chi connectivity index (χ1v) is 10.7. The second-order valence-electron chi connectivity index (χ2n) is 7.32. The zero-order valence-electron chi connectivity index (χ0n) is 18.7. The molecule has 0 saturated carbocycles. The smallest absolute Gasteiger partial charge is 0.322 e. The van der Waals surface area contributed by atoms with Gasteiger partial charge in [-0.2, -0.15) is 0 Å². The maximum Gasteiger partial charge on any atom is 0.322 e. The number of amides is 1. The average molecular weight is 474 g/mol. The summed E-state index contributed by atoms with van der Waals surface area (Å²) < 4.78 is 17.4. The third-order valence-corrected chi connectivity index (χ3v) is 4.83. The number of nitrogens with one attached hydrogen (secondary N) is 1. The third kappa shape index (κ3) is 5.59. The number of carboxylic acid groups (broad SMARTS) is 1. The monoisotopic (exact) mass is 474 g/mol. The summed E-state index contributed by atoms with van der Waals surface area (Å²) in [6.45, 7) is 1.40. The summed E-state index contributed by atoms with van der Waals surface area (Å²) in [4.78, 5) is 27.2. The third-order valence-electron chi connectivity index (χ3n) is 4.83. The first kappa shape index (κ1) is 23.4. The Morgan fingerprint density at radius 3 is 2.20 bits per heavy atom. The Bertz CT molecular complexity index is 1370. The highest BCUT2D eigenvalue weighted by molar-refractivity contribution is 6.04. The lowest BCUT2D eigenvalue weighted by molar-refractivity contribution is -0.135. The summed E-state index contributed by atoms with van der Waals surface area (Å²) in [5.74, 6) is -0.0741. The number of aromatic nitrogens is 1. The van der Waals surface area contributed by atoms with E-state index in [0.29, 0.717) is 33.8 Å². The summed E-state index contributed by atoms with van der Waals surface area (Å²) >= 11 is 0. The zero-order valence-corrected chi connectivity index (χ0v) is 18.7. The summed E-state index contributed by atoms with van der Waals surface area (Å²) in [6, 6.07) is 21.3. The number of rotatable bonds is 9. The highest BCUT2D eigenvalue weighted by Crippen LogP contribution is 2.37. The maximum absolute atomic E-state index is 12.4. The Morgan fingerprint density at radius 2 is 1.51 bits per heavy atom. The summed E-state index contributed by atoms with van der Waals surface area (Å²) in [7, 11) is 0. The second kappa shape index (κ2) is 10.4. The molecule has 0 saturated heterocycles. The van der Waals surface area contributed by atoms with E-state index >= 15 is 0 Å². The lowest BCUT2D eigenvalue weighted by Crippen LogP contribution is -2.30. The minimum absolute atomic E-state index is 0.104. The van der Waals surface area contributed by atoms with Gasteiger partial charge in [-0.25, -0.2) is 4.98 Å². The van der Waals surface area contributed by atoms with E-state index < -0.39 is 24.2 Å². The van der Waals surface area contributed by atoms with Crippen LogP contribution in [0.25, 0.3) is 10.8 Å². The van der Waals surface area contributed by atoms with Crippen LogP contribution in [0.15, 0.2) is 72.8 Å². The molecule has 9 heteroatoms. The Balaban J connectivity index is 1.63. The molecule has 0 aliphatic rings. The first-order valence-electron chi connectivity index (χ1n) is 10.7. The molecule has 0 aliphatic heterocycles. The van der Waals surface area contributed by atoms with Crippen molar-refractivity contribution < 1.29 is 34.0 Å². The van der Waals surface area contributed by atoms with Gasteiger partial charge in [0.25, 0.3) is 5.91 Å². The molecule has 0 bridgehead atoms. The molecule has 0 unspecified atom stereocenters. The fourth-order valence-corrected chi connectivity index (χ4v) is 3.32. The second-order valence-corrected chi connectivity index (χ2v) is 7.32. The Kier molecular flexibility index (Phi) is 6.96. The van der Waals surface area contributed by atoms with Crippen molar-refractivity contribution in [3.05, 3.63) is 78.5 Å². The van der Waals surface area contributed by atoms with E-state index in [2.05, 4.69) is 10.3 Å². The number of ether oxygens (including phenoxy) is 3. The van der Waals surface area contributed by atoms with Gasteiger partial charge in [0.15, 0.2) is 11.4 Å². The SMILES string of the molecule is CCOc1nc(C(=O)NCC(=O)O)c(O)c2ccc(Oc3cccc(Oc4ccccc4)c3)cc12.